The van der Waals surface area contributed by atoms with Gasteiger partial charge < -0.3 is 5.32 Å². The van der Waals surface area contributed by atoms with E-state index in [0.29, 0.717) is 26.5 Å². The molecule has 0 radical (unpaired) electrons. The highest BCUT2D eigenvalue weighted by atomic mass is 79.9. The number of amides is 1. The van der Waals surface area contributed by atoms with Gasteiger partial charge in [-0.25, -0.2) is 0 Å². The predicted octanol–water partition coefficient (Wildman–Crippen LogP) is 4.03. The number of benzene rings is 2. The van der Waals surface area contributed by atoms with Crippen LogP contribution in [0.1, 0.15) is 16.1 Å². The first-order chi connectivity index (χ1) is 12.0. The lowest BCUT2D eigenvalue weighted by molar-refractivity contribution is -0.383. The largest absolute Gasteiger partial charge is 0.321 e. The van der Waals surface area contributed by atoms with E-state index >= 15 is 0 Å². The SMILES string of the molecule is N#Cc1cccc(NC(=O)c2nccc3c([N+](=O)[O-])c(Br)ccc23)c1. The Kier molecular flexibility index (Phi) is 4.41. The molecule has 7 nitrogen and oxygen atoms in total. The van der Waals surface area contributed by atoms with Gasteiger partial charge in [-0.1, -0.05) is 12.1 Å². The van der Waals surface area contributed by atoms with Crippen molar-refractivity contribution in [2.24, 2.45) is 0 Å². The average molecular weight is 397 g/mol. The molecule has 2 aromatic carbocycles. The molecular weight excluding hydrogens is 388 g/mol. The minimum Gasteiger partial charge on any atom is -0.321 e. The average Bonchev–Trinajstić information content (AvgIpc) is 2.60. The van der Waals surface area contributed by atoms with Crippen molar-refractivity contribution in [1.29, 1.82) is 5.26 Å². The van der Waals surface area contributed by atoms with E-state index in [2.05, 4.69) is 26.2 Å². The van der Waals surface area contributed by atoms with Gasteiger partial charge in [-0.15, -0.1) is 0 Å². The first-order valence-corrected chi connectivity index (χ1v) is 7.83. The maximum atomic E-state index is 12.6. The Morgan fingerprint density at radius 1 is 1.24 bits per heavy atom. The minimum absolute atomic E-state index is 0.0652. The third-order valence-electron chi connectivity index (χ3n) is 3.51. The highest BCUT2D eigenvalue weighted by Gasteiger charge is 2.21. The van der Waals surface area contributed by atoms with Gasteiger partial charge in [-0.2, -0.15) is 5.26 Å². The van der Waals surface area contributed by atoms with Gasteiger partial charge >= 0.3 is 0 Å². The number of nitriles is 1. The van der Waals surface area contributed by atoms with E-state index in [0.717, 1.165) is 0 Å². The Hall–Kier alpha value is -3.31. The van der Waals surface area contributed by atoms with E-state index < -0.39 is 10.8 Å². The van der Waals surface area contributed by atoms with Crippen molar-refractivity contribution in [3.63, 3.8) is 0 Å². The molecule has 1 N–H and O–H groups in total. The third kappa shape index (κ3) is 3.18. The molecule has 1 amide bonds. The van der Waals surface area contributed by atoms with E-state index in [9.17, 15) is 14.9 Å². The smallest absolute Gasteiger partial charge is 0.291 e. The highest BCUT2D eigenvalue weighted by Crippen LogP contribution is 2.34. The summed E-state index contributed by atoms with van der Waals surface area (Å²) >= 11 is 3.16. The van der Waals surface area contributed by atoms with Gasteiger partial charge in [0.25, 0.3) is 11.6 Å². The van der Waals surface area contributed by atoms with Crippen molar-refractivity contribution in [3.8, 4) is 6.07 Å². The quantitative estimate of drug-likeness (QED) is 0.530. The Bertz CT molecular complexity index is 1060. The summed E-state index contributed by atoms with van der Waals surface area (Å²) in [6, 6.07) is 13.0. The van der Waals surface area contributed by atoms with E-state index in [-0.39, 0.29) is 11.4 Å². The van der Waals surface area contributed by atoms with Crippen LogP contribution < -0.4 is 5.32 Å². The fourth-order valence-corrected chi connectivity index (χ4v) is 2.93. The van der Waals surface area contributed by atoms with E-state index in [4.69, 9.17) is 5.26 Å². The Morgan fingerprint density at radius 3 is 2.76 bits per heavy atom. The number of carbonyl (C=O) groups excluding carboxylic acids is 1. The molecule has 0 fully saturated rings. The highest BCUT2D eigenvalue weighted by molar-refractivity contribution is 9.10. The van der Waals surface area contributed by atoms with Gasteiger partial charge in [0, 0.05) is 17.3 Å². The van der Waals surface area contributed by atoms with Gasteiger partial charge in [0.15, 0.2) is 0 Å². The Morgan fingerprint density at radius 2 is 2.04 bits per heavy atom. The van der Waals surface area contributed by atoms with Gasteiger partial charge in [0.1, 0.15) is 5.69 Å². The standard InChI is InChI=1S/C17H9BrN4O3/c18-14-5-4-12-13(16(14)22(24)25)6-7-20-15(12)17(23)21-11-3-1-2-10(8-11)9-19/h1-8H,(H,21,23). The van der Waals surface area contributed by atoms with Crippen LogP contribution >= 0.6 is 15.9 Å². The van der Waals surface area contributed by atoms with Gasteiger partial charge in [-0.3, -0.25) is 19.9 Å². The van der Waals surface area contributed by atoms with E-state index in [1.165, 1.54) is 24.4 Å². The van der Waals surface area contributed by atoms with Crippen molar-refractivity contribution >= 4 is 44.0 Å². The van der Waals surface area contributed by atoms with E-state index in [1.54, 1.807) is 24.3 Å². The van der Waals surface area contributed by atoms with Gasteiger partial charge in [0.05, 0.1) is 26.4 Å². The lowest BCUT2D eigenvalue weighted by Gasteiger charge is -2.08. The van der Waals surface area contributed by atoms with Crippen LogP contribution in [0.15, 0.2) is 53.1 Å². The summed E-state index contributed by atoms with van der Waals surface area (Å²) in [4.78, 5) is 27.4. The number of nitro groups is 1. The Balaban J connectivity index is 2.06. The molecule has 0 bridgehead atoms. The molecule has 1 aromatic heterocycles. The van der Waals surface area contributed by atoms with Crippen LogP contribution in [0.5, 0.6) is 0 Å². The van der Waals surface area contributed by atoms with Crippen LogP contribution in [-0.2, 0) is 0 Å². The first-order valence-electron chi connectivity index (χ1n) is 7.04. The van der Waals surface area contributed by atoms with Crippen LogP contribution in [0.3, 0.4) is 0 Å². The number of hydrogen-bond donors (Lipinski definition) is 1. The number of carbonyl (C=O) groups is 1. The van der Waals surface area contributed by atoms with Gasteiger partial charge in [0.2, 0.25) is 0 Å². The molecule has 25 heavy (non-hydrogen) atoms. The summed E-state index contributed by atoms with van der Waals surface area (Å²) < 4.78 is 0.323. The monoisotopic (exact) mass is 396 g/mol. The number of aromatic nitrogens is 1. The molecule has 0 aliphatic carbocycles. The topological polar surface area (TPSA) is 109 Å². The van der Waals surface area contributed by atoms with Crippen molar-refractivity contribution in [2.45, 2.75) is 0 Å². The molecule has 0 saturated heterocycles. The molecular formula is C17H9BrN4O3. The molecule has 1 heterocycles. The normalized spacial score (nSPS) is 10.2. The van der Waals surface area contributed by atoms with Crippen molar-refractivity contribution in [1.82, 2.24) is 4.98 Å². The number of nitrogens with zero attached hydrogens (tertiary/aromatic N) is 3. The molecule has 0 aliphatic rings. The summed E-state index contributed by atoms with van der Waals surface area (Å²) in [5.74, 6) is -0.516. The molecule has 3 rings (SSSR count). The maximum absolute atomic E-state index is 12.6. The number of pyridine rings is 1. The zero-order chi connectivity index (χ0) is 18.0. The second-order valence-electron chi connectivity index (χ2n) is 5.05. The van der Waals surface area contributed by atoms with Crippen LogP contribution in [0.4, 0.5) is 11.4 Å². The van der Waals surface area contributed by atoms with Crippen LogP contribution in [-0.4, -0.2) is 15.8 Å². The molecule has 122 valence electrons. The molecule has 8 heteroatoms. The fraction of sp³-hybridized carbons (Fsp3) is 0. The van der Waals surface area contributed by atoms with Crippen molar-refractivity contribution in [3.05, 3.63) is 74.5 Å². The molecule has 0 spiro atoms. The summed E-state index contributed by atoms with van der Waals surface area (Å²) in [5, 5.41) is 23.6. The number of anilines is 1. The van der Waals surface area contributed by atoms with Crippen molar-refractivity contribution < 1.29 is 9.72 Å². The number of nitrogens with one attached hydrogen (secondary N) is 1. The molecule has 3 aromatic rings. The Labute approximate surface area is 150 Å². The lowest BCUT2D eigenvalue weighted by Crippen LogP contribution is -2.14. The number of halogens is 1. The summed E-state index contributed by atoms with van der Waals surface area (Å²) in [5.41, 5.74) is 0.786. The predicted molar refractivity (Wildman–Crippen MR) is 95.2 cm³/mol. The lowest BCUT2D eigenvalue weighted by atomic mass is 10.1. The van der Waals surface area contributed by atoms with Crippen LogP contribution in [0, 0.1) is 21.4 Å². The molecule has 0 atom stereocenters. The number of nitro benzene ring substituents is 1. The van der Waals surface area contributed by atoms with Crippen LogP contribution in [0.25, 0.3) is 10.8 Å². The number of hydrogen-bond acceptors (Lipinski definition) is 5. The summed E-state index contributed by atoms with van der Waals surface area (Å²) in [6.45, 7) is 0. The fourth-order valence-electron chi connectivity index (χ4n) is 2.44. The maximum Gasteiger partial charge on any atom is 0.291 e. The first kappa shape index (κ1) is 16.5. The molecule has 0 aliphatic heterocycles. The summed E-state index contributed by atoms with van der Waals surface area (Å²) in [6.07, 6.45) is 1.35. The second-order valence-corrected chi connectivity index (χ2v) is 5.91. The van der Waals surface area contributed by atoms with Gasteiger partial charge in [-0.05, 0) is 46.3 Å². The molecule has 0 unspecified atom stereocenters. The van der Waals surface area contributed by atoms with Crippen molar-refractivity contribution in [2.75, 3.05) is 5.32 Å². The van der Waals surface area contributed by atoms with E-state index in [1.807, 2.05) is 6.07 Å². The number of fused-ring (bicyclic) bond motifs is 1. The third-order valence-corrected chi connectivity index (χ3v) is 4.15. The zero-order valence-electron chi connectivity index (χ0n) is 12.6. The molecule has 0 saturated carbocycles. The number of rotatable bonds is 3. The minimum atomic E-state index is -0.516. The van der Waals surface area contributed by atoms with Crippen LogP contribution in [0.2, 0.25) is 0 Å². The summed E-state index contributed by atoms with van der Waals surface area (Å²) in [7, 11) is 0. The zero-order valence-corrected chi connectivity index (χ0v) is 14.1. The second kappa shape index (κ2) is 6.67.